The lowest BCUT2D eigenvalue weighted by Crippen LogP contribution is -2.09. The molecule has 2 rings (SSSR count). The summed E-state index contributed by atoms with van der Waals surface area (Å²) in [6.45, 7) is 4.87. The molecule has 4 nitrogen and oxygen atoms in total. The minimum absolute atomic E-state index is 0.463. The number of hydrogen-bond donors (Lipinski definition) is 1. The Kier molecular flexibility index (Phi) is 5.18. The van der Waals surface area contributed by atoms with E-state index in [-0.39, 0.29) is 0 Å². The molecular formula is C14H17BrClN3O. The van der Waals surface area contributed by atoms with Gasteiger partial charge in [-0.2, -0.15) is 5.10 Å². The van der Waals surface area contributed by atoms with Gasteiger partial charge in [0.05, 0.1) is 27.0 Å². The average molecular weight is 359 g/mol. The SMILES string of the molecule is CCc1nn(CC)c(CC(O)c2ccncc2Cl)c1Br. The van der Waals surface area contributed by atoms with Gasteiger partial charge in [0.1, 0.15) is 0 Å². The summed E-state index contributed by atoms with van der Waals surface area (Å²) in [5.74, 6) is 0. The van der Waals surface area contributed by atoms with Crippen LogP contribution in [0.5, 0.6) is 0 Å². The summed E-state index contributed by atoms with van der Waals surface area (Å²) >= 11 is 9.66. The number of aryl methyl sites for hydroxylation is 2. The number of nitrogens with zero attached hydrogens (tertiary/aromatic N) is 3. The highest BCUT2D eigenvalue weighted by Gasteiger charge is 2.19. The van der Waals surface area contributed by atoms with Crippen molar-refractivity contribution in [1.29, 1.82) is 0 Å². The topological polar surface area (TPSA) is 50.9 Å². The fourth-order valence-corrected chi connectivity index (χ4v) is 3.13. The third-order valence-corrected chi connectivity index (χ3v) is 4.47. The lowest BCUT2D eigenvalue weighted by Gasteiger charge is -2.13. The van der Waals surface area contributed by atoms with E-state index in [4.69, 9.17) is 11.6 Å². The lowest BCUT2D eigenvalue weighted by molar-refractivity contribution is 0.175. The van der Waals surface area contributed by atoms with Gasteiger partial charge in [-0.3, -0.25) is 9.67 Å². The molecule has 0 amide bonds. The molecule has 1 atom stereocenters. The van der Waals surface area contributed by atoms with E-state index in [0.29, 0.717) is 17.0 Å². The summed E-state index contributed by atoms with van der Waals surface area (Å²) in [6.07, 6.45) is 3.82. The Labute approximate surface area is 131 Å². The van der Waals surface area contributed by atoms with Crippen LogP contribution in [-0.4, -0.2) is 19.9 Å². The van der Waals surface area contributed by atoms with Gasteiger partial charge in [0, 0.05) is 30.9 Å². The number of hydrogen-bond acceptors (Lipinski definition) is 3. The zero-order valence-corrected chi connectivity index (χ0v) is 13.8. The van der Waals surface area contributed by atoms with E-state index in [1.807, 2.05) is 11.6 Å². The standard InChI is InChI=1S/C14H17BrClN3O/c1-3-11-14(15)12(19(4-2)18-11)7-13(20)9-5-6-17-8-10(9)16/h5-6,8,13,20H,3-4,7H2,1-2H3. The molecule has 0 saturated carbocycles. The molecule has 1 N–H and O–H groups in total. The molecule has 0 bridgehead atoms. The molecular weight excluding hydrogens is 342 g/mol. The highest BCUT2D eigenvalue weighted by atomic mass is 79.9. The second-order valence-corrected chi connectivity index (χ2v) is 5.69. The Balaban J connectivity index is 2.30. The van der Waals surface area contributed by atoms with E-state index in [9.17, 15) is 5.11 Å². The van der Waals surface area contributed by atoms with Crippen molar-refractivity contribution < 1.29 is 5.11 Å². The molecule has 6 heteroatoms. The molecule has 2 heterocycles. The minimum atomic E-state index is -0.673. The number of halogens is 2. The molecule has 0 spiro atoms. The fourth-order valence-electron chi connectivity index (χ4n) is 2.16. The van der Waals surface area contributed by atoms with E-state index < -0.39 is 6.10 Å². The number of aliphatic hydroxyl groups excluding tert-OH is 1. The highest BCUT2D eigenvalue weighted by molar-refractivity contribution is 9.10. The van der Waals surface area contributed by atoms with Gasteiger partial charge in [0.25, 0.3) is 0 Å². The molecule has 0 aliphatic heterocycles. The van der Waals surface area contributed by atoms with Gasteiger partial charge in [-0.1, -0.05) is 18.5 Å². The highest BCUT2D eigenvalue weighted by Crippen LogP contribution is 2.29. The Morgan fingerprint density at radius 1 is 1.45 bits per heavy atom. The molecule has 0 aromatic carbocycles. The van der Waals surface area contributed by atoms with Crippen molar-refractivity contribution in [1.82, 2.24) is 14.8 Å². The first-order valence-corrected chi connectivity index (χ1v) is 7.77. The van der Waals surface area contributed by atoms with Crippen LogP contribution in [0.1, 0.15) is 36.9 Å². The minimum Gasteiger partial charge on any atom is -0.388 e. The second kappa shape index (κ2) is 6.70. The Morgan fingerprint density at radius 2 is 2.20 bits per heavy atom. The van der Waals surface area contributed by atoms with Crippen LogP contribution in [0.3, 0.4) is 0 Å². The summed E-state index contributed by atoms with van der Waals surface area (Å²) in [7, 11) is 0. The molecule has 2 aromatic rings. The summed E-state index contributed by atoms with van der Waals surface area (Å²) in [6, 6.07) is 1.74. The number of rotatable bonds is 5. The zero-order chi connectivity index (χ0) is 14.7. The van der Waals surface area contributed by atoms with Gasteiger partial charge in [-0.15, -0.1) is 0 Å². The zero-order valence-electron chi connectivity index (χ0n) is 11.5. The quantitative estimate of drug-likeness (QED) is 0.889. The maximum Gasteiger partial charge on any atom is 0.0861 e. The van der Waals surface area contributed by atoms with Crippen LogP contribution >= 0.6 is 27.5 Å². The van der Waals surface area contributed by atoms with Crippen molar-refractivity contribution in [2.24, 2.45) is 0 Å². The van der Waals surface area contributed by atoms with Crippen molar-refractivity contribution in [3.05, 3.63) is 44.9 Å². The van der Waals surface area contributed by atoms with Crippen LogP contribution in [0.2, 0.25) is 5.02 Å². The normalized spacial score (nSPS) is 12.7. The lowest BCUT2D eigenvalue weighted by atomic mass is 10.1. The number of aliphatic hydroxyl groups is 1. The maximum absolute atomic E-state index is 10.4. The first kappa shape index (κ1) is 15.5. The molecule has 0 fully saturated rings. The molecule has 0 radical (unpaired) electrons. The van der Waals surface area contributed by atoms with Crippen molar-refractivity contribution in [3.8, 4) is 0 Å². The average Bonchev–Trinajstić information content (AvgIpc) is 2.75. The Morgan fingerprint density at radius 3 is 2.80 bits per heavy atom. The van der Waals surface area contributed by atoms with E-state index >= 15 is 0 Å². The van der Waals surface area contributed by atoms with Gasteiger partial charge in [-0.25, -0.2) is 0 Å². The predicted octanol–water partition coefficient (Wildman–Crippen LogP) is 3.55. The Hall–Kier alpha value is -0.910. The van der Waals surface area contributed by atoms with Gasteiger partial charge >= 0.3 is 0 Å². The van der Waals surface area contributed by atoms with E-state index in [1.54, 1.807) is 18.5 Å². The van der Waals surface area contributed by atoms with Crippen LogP contribution in [0.25, 0.3) is 0 Å². The van der Waals surface area contributed by atoms with Gasteiger partial charge in [0.15, 0.2) is 0 Å². The molecule has 0 saturated heterocycles. The maximum atomic E-state index is 10.4. The second-order valence-electron chi connectivity index (χ2n) is 4.49. The van der Waals surface area contributed by atoms with Gasteiger partial charge in [-0.05, 0) is 35.3 Å². The predicted molar refractivity (Wildman–Crippen MR) is 82.9 cm³/mol. The van der Waals surface area contributed by atoms with E-state index in [0.717, 1.165) is 28.8 Å². The number of aromatic nitrogens is 3. The van der Waals surface area contributed by atoms with Crippen molar-refractivity contribution in [2.45, 2.75) is 39.3 Å². The summed E-state index contributed by atoms with van der Waals surface area (Å²) < 4.78 is 2.90. The van der Waals surface area contributed by atoms with Crippen LogP contribution in [0, 0.1) is 0 Å². The molecule has 0 aliphatic carbocycles. The number of pyridine rings is 1. The largest absolute Gasteiger partial charge is 0.388 e. The molecule has 20 heavy (non-hydrogen) atoms. The van der Waals surface area contributed by atoms with Crippen molar-refractivity contribution in [3.63, 3.8) is 0 Å². The molecule has 1 unspecified atom stereocenters. The summed E-state index contributed by atoms with van der Waals surface area (Å²) in [5.41, 5.74) is 2.69. The van der Waals surface area contributed by atoms with E-state index in [1.165, 1.54) is 0 Å². The van der Waals surface area contributed by atoms with Crippen molar-refractivity contribution >= 4 is 27.5 Å². The van der Waals surface area contributed by atoms with E-state index in [2.05, 4.69) is 32.9 Å². The fraction of sp³-hybridized carbons (Fsp3) is 0.429. The monoisotopic (exact) mass is 357 g/mol. The van der Waals surface area contributed by atoms with Crippen molar-refractivity contribution in [2.75, 3.05) is 0 Å². The van der Waals surface area contributed by atoms with Gasteiger partial charge < -0.3 is 5.11 Å². The van der Waals surface area contributed by atoms with Gasteiger partial charge in [0.2, 0.25) is 0 Å². The van der Waals surface area contributed by atoms with Crippen LogP contribution < -0.4 is 0 Å². The third-order valence-electron chi connectivity index (χ3n) is 3.24. The first-order chi connectivity index (χ1) is 9.58. The summed E-state index contributed by atoms with van der Waals surface area (Å²) in [5, 5.41) is 15.4. The molecule has 108 valence electrons. The van der Waals surface area contributed by atoms with Crippen LogP contribution in [0.4, 0.5) is 0 Å². The third kappa shape index (κ3) is 3.05. The molecule has 2 aromatic heterocycles. The molecule has 0 aliphatic rings. The van der Waals surface area contributed by atoms with Crippen LogP contribution in [0.15, 0.2) is 22.9 Å². The Bertz CT molecular complexity index is 600. The smallest absolute Gasteiger partial charge is 0.0861 e. The summed E-state index contributed by atoms with van der Waals surface area (Å²) in [4.78, 5) is 3.93. The van der Waals surface area contributed by atoms with Crippen LogP contribution in [-0.2, 0) is 19.4 Å². The first-order valence-electron chi connectivity index (χ1n) is 6.59.